The lowest BCUT2D eigenvalue weighted by atomic mass is 10.2. The van der Waals surface area contributed by atoms with Crippen molar-refractivity contribution < 1.29 is 5.11 Å². The van der Waals surface area contributed by atoms with E-state index < -0.39 is 0 Å². The van der Waals surface area contributed by atoms with Crippen molar-refractivity contribution in [1.82, 2.24) is 4.98 Å². The average molecular weight is 164 g/mol. The summed E-state index contributed by atoms with van der Waals surface area (Å²) in [5, 5.41) is 8.79. The van der Waals surface area contributed by atoms with Crippen LogP contribution in [0, 0.1) is 0 Å². The van der Waals surface area contributed by atoms with Crippen LogP contribution in [0.3, 0.4) is 0 Å². The molecule has 1 unspecified atom stereocenters. The summed E-state index contributed by atoms with van der Waals surface area (Å²) in [6.45, 7) is 3.51. The van der Waals surface area contributed by atoms with Gasteiger partial charge < -0.3 is 10.8 Å². The maximum Gasteiger partial charge on any atom is 0.0853 e. The first-order valence-electron chi connectivity index (χ1n) is 3.72. The van der Waals surface area contributed by atoms with Crippen molar-refractivity contribution in [2.45, 2.75) is 12.6 Å². The SMILES string of the molecule is C=CC(N)c1cccc(CO)n1. The summed E-state index contributed by atoms with van der Waals surface area (Å²) in [5.41, 5.74) is 7.02. The number of aromatic nitrogens is 1. The molecule has 3 heteroatoms. The van der Waals surface area contributed by atoms with Gasteiger partial charge in [0.2, 0.25) is 0 Å². The van der Waals surface area contributed by atoms with Crippen LogP contribution in [0.25, 0.3) is 0 Å². The molecular formula is C9H12N2O. The fraction of sp³-hybridized carbons (Fsp3) is 0.222. The predicted molar refractivity (Wildman–Crippen MR) is 47.3 cm³/mol. The molecule has 12 heavy (non-hydrogen) atoms. The highest BCUT2D eigenvalue weighted by Crippen LogP contribution is 2.08. The second-order valence-electron chi connectivity index (χ2n) is 2.47. The molecule has 0 saturated carbocycles. The topological polar surface area (TPSA) is 59.1 Å². The zero-order valence-electron chi connectivity index (χ0n) is 6.77. The van der Waals surface area contributed by atoms with Crippen LogP contribution < -0.4 is 5.73 Å². The molecule has 1 atom stereocenters. The van der Waals surface area contributed by atoms with Crippen LogP contribution in [0.5, 0.6) is 0 Å². The van der Waals surface area contributed by atoms with Crippen LogP contribution in [-0.2, 0) is 6.61 Å². The third kappa shape index (κ3) is 1.90. The Bertz CT molecular complexity index is 273. The predicted octanol–water partition coefficient (Wildman–Crippen LogP) is 0.760. The van der Waals surface area contributed by atoms with Crippen molar-refractivity contribution in [3.63, 3.8) is 0 Å². The Balaban J connectivity index is 2.93. The number of hydrogen-bond acceptors (Lipinski definition) is 3. The lowest BCUT2D eigenvalue weighted by Gasteiger charge is -2.05. The third-order valence-electron chi connectivity index (χ3n) is 1.59. The van der Waals surface area contributed by atoms with Crippen LogP contribution in [0.1, 0.15) is 17.4 Å². The number of nitrogens with two attached hydrogens (primary N) is 1. The normalized spacial score (nSPS) is 12.5. The number of nitrogens with zero attached hydrogens (tertiary/aromatic N) is 1. The Morgan fingerprint density at radius 1 is 1.67 bits per heavy atom. The second kappa shape index (κ2) is 3.99. The summed E-state index contributed by atoms with van der Waals surface area (Å²) >= 11 is 0. The van der Waals surface area contributed by atoms with E-state index >= 15 is 0 Å². The number of aliphatic hydroxyl groups is 1. The quantitative estimate of drug-likeness (QED) is 0.648. The van der Waals surface area contributed by atoms with Crippen molar-refractivity contribution in [1.29, 1.82) is 0 Å². The molecule has 1 aromatic heterocycles. The van der Waals surface area contributed by atoms with Crippen LogP contribution >= 0.6 is 0 Å². The highest BCUT2D eigenvalue weighted by Gasteiger charge is 2.02. The lowest BCUT2D eigenvalue weighted by molar-refractivity contribution is 0.276. The highest BCUT2D eigenvalue weighted by molar-refractivity contribution is 5.16. The Morgan fingerprint density at radius 3 is 3.00 bits per heavy atom. The Labute approximate surface area is 71.6 Å². The molecule has 1 heterocycles. The van der Waals surface area contributed by atoms with E-state index in [2.05, 4.69) is 11.6 Å². The van der Waals surface area contributed by atoms with Gasteiger partial charge in [0.1, 0.15) is 0 Å². The van der Waals surface area contributed by atoms with E-state index in [1.54, 1.807) is 12.1 Å². The van der Waals surface area contributed by atoms with E-state index in [1.165, 1.54) is 0 Å². The Kier molecular flexibility index (Phi) is 2.96. The largest absolute Gasteiger partial charge is 0.390 e. The number of hydrogen-bond donors (Lipinski definition) is 2. The van der Waals surface area contributed by atoms with Gasteiger partial charge in [0.05, 0.1) is 24.0 Å². The van der Waals surface area contributed by atoms with E-state index in [-0.39, 0.29) is 12.6 Å². The summed E-state index contributed by atoms with van der Waals surface area (Å²) in [7, 11) is 0. The van der Waals surface area contributed by atoms with Crippen molar-refractivity contribution in [3.05, 3.63) is 42.2 Å². The first-order valence-corrected chi connectivity index (χ1v) is 3.72. The van der Waals surface area contributed by atoms with Gasteiger partial charge in [-0.3, -0.25) is 4.98 Å². The van der Waals surface area contributed by atoms with Gasteiger partial charge in [0.25, 0.3) is 0 Å². The molecule has 1 rings (SSSR count). The van der Waals surface area contributed by atoms with Gasteiger partial charge in [-0.25, -0.2) is 0 Å². The molecule has 0 spiro atoms. The fourth-order valence-electron chi connectivity index (χ4n) is 0.893. The molecule has 0 aromatic carbocycles. The minimum absolute atomic E-state index is 0.0578. The lowest BCUT2D eigenvalue weighted by Crippen LogP contribution is -2.09. The standard InChI is InChI=1S/C9H12N2O/c1-2-8(10)9-5-3-4-7(6-12)11-9/h2-5,8,12H,1,6,10H2. The summed E-state index contributed by atoms with van der Waals surface area (Å²) in [6, 6.07) is 5.12. The van der Waals surface area contributed by atoms with Crippen molar-refractivity contribution in [2.75, 3.05) is 0 Å². The minimum Gasteiger partial charge on any atom is -0.390 e. The molecule has 0 bridgehead atoms. The number of rotatable bonds is 3. The molecule has 0 radical (unpaired) electrons. The molecule has 0 amide bonds. The molecule has 1 aromatic rings. The third-order valence-corrected chi connectivity index (χ3v) is 1.59. The first-order chi connectivity index (χ1) is 5.77. The zero-order chi connectivity index (χ0) is 8.97. The summed E-state index contributed by atoms with van der Waals surface area (Å²) < 4.78 is 0. The summed E-state index contributed by atoms with van der Waals surface area (Å²) in [4.78, 5) is 4.12. The van der Waals surface area contributed by atoms with Crippen LogP contribution in [-0.4, -0.2) is 10.1 Å². The van der Waals surface area contributed by atoms with E-state index in [0.717, 1.165) is 5.69 Å². The van der Waals surface area contributed by atoms with E-state index in [9.17, 15) is 0 Å². The maximum atomic E-state index is 8.79. The molecular weight excluding hydrogens is 152 g/mol. The van der Waals surface area contributed by atoms with Crippen molar-refractivity contribution >= 4 is 0 Å². The minimum atomic E-state index is -0.253. The maximum absolute atomic E-state index is 8.79. The molecule has 0 aliphatic rings. The van der Waals surface area contributed by atoms with Crippen molar-refractivity contribution in [3.8, 4) is 0 Å². The van der Waals surface area contributed by atoms with Gasteiger partial charge in [-0.15, -0.1) is 6.58 Å². The first kappa shape index (κ1) is 8.90. The summed E-state index contributed by atoms with van der Waals surface area (Å²) in [5.74, 6) is 0. The monoisotopic (exact) mass is 164 g/mol. The zero-order valence-corrected chi connectivity index (χ0v) is 6.77. The smallest absolute Gasteiger partial charge is 0.0853 e. The molecule has 0 aliphatic carbocycles. The van der Waals surface area contributed by atoms with Gasteiger partial charge in [0.15, 0.2) is 0 Å². The Morgan fingerprint density at radius 2 is 2.42 bits per heavy atom. The van der Waals surface area contributed by atoms with Crippen molar-refractivity contribution in [2.24, 2.45) is 5.73 Å². The summed E-state index contributed by atoms with van der Waals surface area (Å²) in [6.07, 6.45) is 1.61. The fourth-order valence-corrected chi connectivity index (χ4v) is 0.893. The van der Waals surface area contributed by atoms with E-state index in [4.69, 9.17) is 10.8 Å². The van der Waals surface area contributed by atoms with Gasteiger partial charge in [-0.2, -0.15) is 0 Å². The number of pyridine rings is 1. The van der Waals surface area contributed by atoms with E-state index in [0.29, 0.717) is 5.69 Å². The molecule has 0 fully saturated rings. The second-order valence-corrected chi connectivity index (χ2v) is 2.47. The van der Waals surface area contributed by atoms with E-state index in [1.807, 2.05) is 12.1 Å². The molecule has 3 nitrogen and oxygen atoms in total. The highest BCUT2D eigenvalue weighted by atomic mass is 16.3. The van der Waals surface area contributed by atoms with Gasteiger partial charge in [-0.05, 0) is 12.1 Å². The molecule has 64 valence electrons. The average Bonchev–Trinajstić information content (AvgIpc) is 2.17. The van der Waals surface area contributed by atoms with Crippen LogP contribution in [0.2, 0.25) is 0 Å². The van der Waals surface area contributed by atoms with Crippen LogP contribution in [0.4, 0.5) is 0 Å². The van der Waals surface area contributed by atoms with Gasteiger partial charge >= 0.3 is 0 Å². The van der Waals surface area contributed by atoms with Gasteiger partial charge in [0, 0.05) is 0 Å². The molecule has 0 aliphatic heterocycles. The Hall–Kier alpha value is -1.19. The molecule has 3 N–H and O–H groups in total. The van der Waals surface area contributed by atoms with Gasteiger partial charge in [-0.1, -0.05) is 12.1 Å². The number of aliphatic hydroxyl groups excluding tert-OH is 1. The molecule has 0 saturated heterocycles. The van der Waals surface area contributed by atoms with Crippen LogP contribution in [0.15, 0.2) is 30.9 Å².